The number of fused-ring (bicyclic) bond motifs is 1. The zero-order valence-corrected chi connectivity index (χ0v) is 11.8. The van der Waals surface area contributed by atoms with Gasteiger partial charge in [0.15, 0.2) is 0 Å². The molecule has 3 atom stereocenters. The highest BCUT2D eigenvalue weighted by atomic mass is 35.5. The topological polar surface area (TPSA) is 70.5 Å². The summed E-state index contributed by atoms with van der Waals surface area (Å²) in [6.45, 7) is 0.842. The first kappa shape index (κ1) is 13.3. The van der Waals surface area contributed by atoms with Crippen molar-refractivity contribution in [1.29, 1.82) is 0 Å². The molecule has 1 aromatic rings. The van der Waals surface area contributed by atoms with Crippen LogP contribution in [0, 0.1) is 11.8 Å². The predicted molar refractivity (Wildman–Crippen MR) is 70.2 cm³/mol. The number of aromatic nitrogens is 1. The van der Waals surface area contributed by atoms with Gasteiger partial charge in [-0.05, 0) is 24.8 Å². The third-order valence-electron chi connectivity index (χ3n) is 4.14. The Labute approximate surface area is 117 Å². The minimum absolute atomic E-state index is 0.0473. The van der Waals surface area contributed by atoms with Crippen molar-refractivity contribution in [3.8, 4) is 0 Å². The molecule has 0 bridgehead atoms. The van der Waals surface area contributed by atoms with Crippen LogP contribution in [0.2, 0.25) is 5.02 Å². The van der Waals surface area contributed by atoms with Crippen LogP contribution in [0.15, 0.2) is 23.4 Å². The van der Waals surface area contributed by atoms with E-state index in [0.717, 1.165) is 12.8 Å². The average molecular weight is 303 g/mol. The molecule has 2 fully saturated rings. The SMILES string of the molecule is O=S(=O)(c1cnccc1Cl)N1CC2CCC(O)C2C1. The molecule has 0 aromatic carbocycles. The third kappa shape index (κ3) is 2.16. The van der Waals surface area contributed by atoms with Crippen molar-refractivity contribution >= 4 is 21.6 Å². The van der Waals surface area contributed by atoms with Gasteiger partial charge in [-0.15, -0.1) is 0 Å². The summed E-state index contributed by atoms with van der Waals surface area (Å²) in [5.41, 5.74) is 0. The molecular formula is C12H15ClN2O3S. The van der Waals surface area contributed by atoms with Crippen LogP contribution in [0.25, 0.3) is 0 Å². The summed E-state index contributed by atoms with van der Waals surface area (Å²) in [5.74, 6) is 0.324. The second kappa shape index (κ2) is 4.70. The maximum absolute atomic E-state index is 12.5. The Morgan fingerprint density at radius 1 is 1.37 bits per heavy atom. The average Bonchev–Trinajstić information content (AvgIpc) is 2.93. The van der Waals surface area contributed by atoms with E-state index in [1.807, 2.05) is 0 Å². The van der Waals surface area contributed by atoms with Crippen LogP contribution in [0.4, 0.5) is 0 Å². The van der Waals surface area contributed by atoms with Crippen molar-refractivity contribution in [3.63, 3.8) is 0 Å². The smallest absolute Gasteiger partial charge is 0.246 e. The Kier molecular flexibility index (Phi) is 3.29. The summed E-state index contributed by atoms with van der Waals surface area (Å²) in [5, 5.41) is 10.0. The molecule has 0 spiro atoms. The highest BCUT2D eigenvalue weighted by molar-refractivity contribution is 7.89. The van der Waals surface area contributed by atoms with Crippen LogP contribution >= 0.6 is 11.6 Å². The maximum atomic E-state index is 12.5. The lowest BCUT2D eigenvalue weighted by Gasteiger charge is -2.18. The number of hydrogen-bond donors (Lipinski definition) is 1. The highest BCUT2D eigenvalue weighted by Gasteiger charge is 2.46. The molecule has 2 aliphatic rings. The van der Waals surface area contributed by atoms with Crippen LogP contribution in [-0.4, -0.2) is 42.0 Å². The third-order valence-corrected chi connectivity index (χ3v) is 6.44. The van der Waals surface area contributed by atoms with Crippen molar-refractivity contribution in [2.45, 2.75) is 23.8 Å². The van der Waals surface area contributed by atoms with E-state index in [4.69, 9.17) is 11.6 Å². The summed E-state index contributed by atoms with van der Waals surface area (Å²) in [6, 6.07) is 1.47. The molecule has 1 aromatic heterocycles. The largest absolute Gasteiger partial charge is 0.393 e. The second-order valence-corrected chi connectivity index (χ2v) is 7.51. The summed E-state index contributed by atoms with van der Waals surface area (Å²) >= 11 is 5.94. The fourth-order valence-electron chi connectivity index (χ4n) is 3.08. The first-order valence-corrected chi connectivity index (χ1v) is 8.09. The van der Waals surface area contributed by atoms with E-state index in [9.17, 15) is 13.5 Å². The number of hydrogen-bond acceptors (Lipinski definition) is 4. The fourth-order valence-corrected chi connectivity index (χ4v) is 5.02. The molecule has 1 aliphatic heterocycles. The normalized spacial score (nSPS) is 31.6. The lowest BCUT2D eigenvalue weighted by Crippen LogP contribution is -2.31. The lowest BCUT2D eigenvalue weighted by atomic mass is 10.00. The van der Waals surface area contributed by atoms with Crippen molar-refractivity contribution in [3.05, 3.63) is 23.5 Å². The Hall–Kier alpha value is -0.690. The summed E-state index contributed by atoms with van der Waals surface area (Å²) in [7, 11) is -3.61. The fraction of sp³-hybridized carbons (Fsp3) is 0.583. The van der Waals surface area contributed by atoms with E-state index in [0.29, 0.717) is 13.1 Å². The standard InChI is InChI=1S/C12H15ClN2O3S/c13-10-3-4-14-5-12(10)19(17,18)15-6-8-1-2-11(16)9(8)7-15/h3-5,8-9,11,16H,1-2,6-7H2. The Balaban J connectivity index is 1.89. The molecule has 1 saturated carbocycles. The van der Waals surface area contributed by atoms with Crippen LogP contribution in [0.3, 0.4) is 0 Å². The minimum Gasteiger partial charge on any atom is -0.393 e. The highest BCUT2D eigenvalue weighted by Crippen LogP contribution is 2.40. The van der Waals surface area contributed by atoms with Crippen molar-refractivity contribution in [2.75, 3.05) is 13.1 Å². The van der Waals surface area contributed by atoms with Gasteiger partial charge in [-0.3, -0.25) is 4.98 Å². The van der Waals surface area contributed by atoms with Crippen molar-refractivity contribution < 1.29 is 13.5 Å². The molecule has 1 saturated heterocycles. The number of pyridine rings is 1. The van der Waals surface area contributed by atoms with Crippen molar-refractivity contribution in [2.24, 2.45) is 11.8 Å². The van der Waals surface area contributed by atoms with Gasteiger partial charge in [-0.25, -0.2) is 8.42 Å². The Morgan fingerprint density at radius 2 is 2.16 bits per heavy atom. The number of nitrogens with zero attached hydrogens (tertiary/aromatic N) is 2. The molecule has 0 amide bonds. The first-order valence-electron chi connectivity index (χ1n) is 6.28. The number of sulfonamides is 1. The molecule has 7 heteroatoms. The van der Waals surface area contributed by atoms with Gasteiger partial charge in [0.1, 0.15) is 4.90 Å². The van der Waals surface area contributed by atoms with E-state index >= 15 is 0 Å². The van der Waals surface area contributed by atoms with E-state index < -0.39 is 10.0 Å². The molecule has 0 radical (unpaired) electrons. The van der Waals surface area contributed by atoms with Gasteiger partial charge in [0, 0.05) is 31.4 Å². The van der Waals surface area contributed by atoms with E-state index in [2.05, 4.69) is 4.98 Å². The summed E-state index contributed by atoms with van der Waals surface area (Å²) in [6.07, 6.45) is 4.02. The quantitative estimate of drug-likeness (QED) is 0.889. The zero-order chi connectivity index (χ0) is 13.6. The van der Waals surface area contributed by atoms with Crippen LogP contribution < -0.4 is 0 Å². The van der Waals surface area contributed by atoms with Gasteiger partial charge >= 0.3 is 0 Å². The molecule has 3 rings (SSSR count). The molecule has 5 nitrogen and oxygen atoms in total. The number of halogens is 1. The summed E-state index contributed by atoms with van der Waals surface area (Å²) in [4.78, 5) is 3.88. The molecule has 1 aliphatic carbocycles. The molecule has 3 unspecified atom stereocenters. The Morgan fingerprint density at radius 3 is 2.84 bits per heavy atom. The summed E-state index contributed by atoms with van der Waals surface area (Å²) < 4.78 is 26.5. The minimum atomic E-state index is -3.61. The van der Waals surface area contributed by atoms with E-state index in [1.165, 1.54) is 22.8 Å². The monoisotopic (exact) mass is 302 g/mol. The Bertz CT molecular complexity index is 592. The number of aliphatic hydroxyl groups is 1. The lowest BCUT2D eigenvalue weighted by molar-refractivity contribution is 0.129. The zero-order valence-electron chi connectivity index (χ0n) is 10.2. The van der Waals surface area contributed by atoms with Crippen LogP contribution in [-0.2, 0) is 10.0 Å². The van der Waals surface area contributed by atoms with Gasteiger partial charge in [-0.2, -0.15) is 4.31 Å². The molecular weight excluding hydrogens is 288 g/mol. The van der Waals surface area contributed by atoms with Crippen LogP contribution in [0.1, 0.15) is 12.8 Å². The van der Waals surface area contributed by atoms with E-state index in [1.54, 1.807) is 0 Å². The van der Waals surface area contributed by atoms with Crippen molar-refractivity contribution in [1.82, 2.24) is 9.29 Å². The number of aliphatic hydroxyl groups excluding tert-OH is 1. The van der Waals surface area contributed by atoms with Gasteiger partial charge in [0.2, 0.25) is 10.0 Å². The van der Waals surface area contributed by atoms with Gasteiger partial charge in [-0.1, -0.05) is 11.6 Å². The second-order valence-electron chi connectivity index (χ2n) is 5.20. The predicted octanol–water partition coefficient (Wildman–Crippen LogP) is 1.13. The van der Waals surface area contributed by atoms with Gasteiger partial charge in [0.25, 0.3) is 0 Å². The first-order chi connectivity index (χ1) is 9.00. The van der Waals surface area contributed by atoms with Crippen LogP contribution in [0.5, 0.6) is 0 Å². The maximum Gasteiger partial charge on any atom is 0.246 e. The van der Waals surface area contributed by atoms with E-state index in [-0.39, 0.29) is 27.9 Å². The molecule has 2 heterocycles. The molecule has 104 valence electrons. The molecule has 1 N–H and O–H groups in total. The van der Waals surface area contributed by atoms with Gasteiger partial charge < -0.3 is 5.11 Å². The molecule has 19 heavy (non-hydrogen) atoms. The van der Waals surface area contributed by atoms with Gasteiger partial charge in [0.05, 0.1) is 11.1 Å². The number of rotatable bonds is 2.